The number of hydrogen-bond donors (Lipinski definition) is 1. The molecule has 0 spiro atoms. The van der Waals surface area contributed by atoms with Gasteiger partial charge >= 0.3 is 0 Å². The van der Waals surface area contributed by atoms with Crippen molar-refractivity contribution in [1.82, 2.24) is 9.88 Å². The predicted octanol–water partition coefficient (Wildman–Crippen LogP) is 1.07. The quantitative estimate of drug-likeness (QED) is 0.831. The molecule has 1 aromatic rings. The zero-order chi connectivity index (χ0) is 12.5. The Morgan fingerprint density at radius 3 is 2.82 bits per heavy atom. The van der Waals surface area contributed by atoms with Gasteiger partial charge < -0.3 is 10.6 Å². The Morgan fingerprint density at radius 1 is 1.41 bits per heavy atom. The molecule has 0 bridgehead atoms. The van der Waals surface area contributed by atoms with Gasteiger partial charge in [-0.2, -0.15) is 0 Å². The van der Waals surface area contributed by atoms with E-state index in [-0.39, 0.29) is 5.54 Å². The summed E-state index contributed by atoms with van der Waals surface area (Å²) in [4.78, 5) is 9.07. The largest absolute Gasteiger partial charge is 0.368 e. The first-order valence-corrected chi connectivity index (χ1v) is 6.14. The summed E-state index contributed by atoms with van der Waals surface area (Å²) in [6, 6.07) is 4.17. The van der Waals surface area contributed by atoms with Crippen molar-refractivity contribution in [3.8, 4) is 0 Å². The molecule has 1 saturated heterocycles. The summed E-state index contributed by atoms with van der Waals surface area (Å²) in [7, 11) is 2.19. The van der Waals surface area contributed by atoms with E-state index in [2.05, 4.69) is 47.8 Å². The van der Waals surface area contributed by atoms with Crippen molar-refractivity contribution < 1.29 is 0 Å². The van der Waals surface area contributed by atoms with Crippen LogP contribution in [0.2, 0.25) is 0 Å². The monoisotopic (exact) mass is 234 g/mol. The normalized spacial score (nSPS) is 20.6. The Morgan fingerprint density at radius 2 is 2.18 bits per heavy atom. The number of likely N-dealkylation sites (N-methyl/N-ethyl adjacent to an activating group) is 1. The molecule has 0 unspecified atom stereocenters. The lowest BCUT2D eigenvalue weighted by atomic mass is 9.99. The molecule has 0 radical (unpaired) electrons. The van der Waals surface area contributed by atoms with E-state index in [1.54, 1.807) is 0 Å². The fraction of sp³-hybridized carbons (Fsp3) is 0.615. The van der Waals surface area contributed by atoms with Gasteiger partial charge in [0.2, 0.25) is 0 Å². The van der Waals surface area contributed by atoms with Crippen LogP contribution in [0.5, 0.6) is 0 Å². The summed E-state index contributed by atoms with van der Waals surface area (Å²) in [6.45, 7) is 8.26. The average Bonchev–Trinajstić information content (AvgIpc) is 2.32. The van der Waals surface area contributed by atoms with E-state index in [4.69, 9.17) is 5.73 Å². The van der Waals surface area contributed by atoms with Crippen LogP contribution in [0, 0.1) is 0 Å². The zero-order valence-electron chi connectivity index (χ0n) is 11.0. The highest BCUT2D eigenvalue weighted by Gasteiger charge is 2.31. The van der Waals surface area contributed by atoms with Crippen molar-refractivity contribution in [2.24, 2.45) is 5.73 Å². The molecule has 17 heavy (non-hydrogen) atoms. The highest BCUT2D eigenvalue weighted by molar-refractivity contribution is 5.47. The van der Waals surface area contributed by atoms with Gasteiger partial charge in [0, 0.05) is 43.6 Å². The number of hydrogen-bond acceptors (Lipinski definition) is 4. The molecule has 2 N–H and O–H groups in total. The molecular weight excluding hydrogens is 212 g/mol. The number of anilines is 1. The molecule has 1 aliphatic rings. The van der Waals surface area contributed by atoms with E-state index in [0.717, 1.165) is 25.3 Å². The fourth-order valence-electron chi connectivity index (χ4n) is 2.23. The molecule has 4 heteroatoms. The topological polar surface area (TPSA) is 45.4 Å². The number of piperazine rings is 1. The van der Waals surface area contributed by atoms with Crippen LogP contribution in [0.25, 0.3) is 0 Å². The SMILES string of the molecule is CN1CCN(c2ccnc(CN)c2)CC1(C)C. The van der Waals surface area contributed by atoms with E-state index < -0.39 is 0 Å². The van der Waals surface area contributed by atoms with E-state index in [0.29, 0.717) is 6.54 Å². The Labute approximate surface area is 103 Å². The summed E-state index contributed by atoms with van der Waals surface area (Å²) in [5.74, 6) is 0. The Hall–Kier alpha value is -1.13. The molecule has 0 aromatic carbocycles. The number of pyridine rings is 1. The smallest absolute Gasteiger partial charge is 0.0560 e. The third kappa shape index (κ3) is 2.58. The highest BCUT2D eigenvalue weighted by Crippen LogP contribution is 2.24. The first-order chi connectivity index (χ1) is 8.03. The third-order valence-corrected chi connectivity index (χ3v) is 3.69. The average molecular weight is 234 g/mol. The van der Waals surface area contributed by atoms with Crippen LogP contribution in [0.3, 0.4) is 0 Å². The Kier molecular flexibility index (Phi) is 3.35. The van der Waals surface area contributed by atoms with E-state index in [1.807, 2.05) is 6.20 Å². The summed E-state index contributed by atoms with van der Waals surface area (Å²) >= 11 is 0. The second kappa shape index (κ2) is 4.63. The summed E-state index contributed by atoms with van der Waals surface area (Å²) in [5.41, 5.74) is 8.04. The van der Waals surface area contributed by atoms with Crippen molar-refractivity contribution in [2.45, 2.75) is 25.9 Å². The molecule has 1 aliphatic heterocycles. The predicted molar refractivity (Wildman–Crippen MR) is 71.1 cm³/mol. The van der Waals surface area contributed by atoms with Crippen molar-refractivity contribution in [3.63, 3.8) is 0 Å². The summed E-state index contributed by atoms with van der Waals surface area (Å²) in [5, 5.41) is 0. The van der Waals surface area contributed by atoms with E-state index in [1.165, 1.54) is 5.69 Å². The second-order valence-corrected chi connectivity index (χ2v) is 5.37. The lowest BCUT2D eigenvalue weighted by Crippen LogP contribution is -2.57. The van der Waals surface area contributed by atoms with Crippen molar-refractivity contribution in [2.75, 3.05) is 31.6 Å². The fourth-order valence-corrected chi connectivity index (χ4v) is 2.23. The number of aromatic nitrogens is 1. The minimum absolute atomic E-state index is 0.213. The van der Waals surface area contributed by atoms with E-state index in [9.17, 15) is 0 Å². The van der Waals surface area contributed by atoms with Crippen LogP contribution in [0.1, 0.15) is 19.5 Å². The Bertz CT molecular complexity index is 389. The first-order valence-electron chi connectivity index (χ1n) is 6.14. The Balaban J connectivity index is 2.17. The van der Waals surface area contributed by atoms with Crippen molar-refractivity contribution >= 4 is 5.69 Å². The molecule has 2 heterocycles. The van der Waals surface area contributed by atoms with Gasteiger partial charge in [0.05, 0.1) is 5.69 Å². The molecule has 0 saturated carbocycles. The maximum Gasteiger partial charge on any atom is 0.0560 e. The van der Waals surface area contributed by atoms with Crippen LogP contribution in [-0.2, 0) is 6.54 Å². The van der Waals surface area contributed by atoms with Crippen molar-refractivity contribution in [3.05, 3.63) is 24.0 Å². The van der Waals surface area contributed by atoms with Crippen LogP contribution in [-0.4, -0.2) is 42.1 Å². The number of rotatable bonds is 2. The molecular formula is C13H22N4. The van der Waals surface area contributed by atoms with Crippen LogP contribution < -0.4 is 10.6 Å². The van der Waals surface area contributed by atoms with Crippen molar-refractivity contribution in [1.29, 1.82) is 0 Å². The van der Waals surface area contributed by atoms with Gasteiger partial charge in [0.1, 0.15) is 0 Å². The van der Waals surface area contributed by atoms with E-state index >= 15 is 0 Å². The van der Waals surface area contributed by atoms with Crippen LogP contribution in [0.4, 0.5) is 5.69 Å². The molecule has 2 rings (SSSR count). The molecule has 0 atom stereocenters. The summed E-state index contributed by atoms with van der Waals surface area (Å²) < 4.78 is 0. The van der Waals surface area contributed by atoms with Gasteiger partial charge in [-0.25, -0.2) is 0 Å². The van der Waals surface area contributed by atoms with Crippen LogP contribution >= 0.6 is 0 Å². The first kappa shape index (κ1) is 12.3. The molecule has 1 fully saturated rings. The van der Waals surface area contributed by atoms with Gasteiger partial charge in [0.15, 0.2) is 0 Å². The molecule has 4 nitrogen and oxygen atoms in total. The maximum absolute atomic E-state index is 5.63. The zero-order valence-corrected chi connectivity index (χ0v) is 11.0. The molecule has 0 amide bonds. The van der Waals surface area contributed by atoms with Gasteiger partial charge in [-0.1, -0.05) is 0 Å². The highest BCUT2D eigenvalue weighted by atomic mass is 15.3. The lowest BCUT2D eigenvalue weighted by molar-refractivity contribution is 0.139. The second-order valence-electron chi connectivity index (χ2n) is 5.37. The van der Waals surface area contributed by atoms with Gasteiger partial charge in [-0.3, -0.25) is 9.88 Å². The lowest BCUT2D eigenvalue weighted by Gasteiger charge is -2.46. The van der Waals surface area contributed by atoms with Gasteiger partial charge in [-0.15, -0.1) is 0 Å². The molecule has 0 aliphatic carbocycles. The number of nitrogens with zero attached hydrogens (tertiary/aromatic N) is 3. The van der Waals surface area contributed by atoms with Gasteiger partial charge in [0.25, 0.3) is 0 Å². The minimum Gasteiger partial charge on any atom is -0.368 e. The number of nitrogens with two attached hydrogens (primary N) is 1. The molecule has 1 aromatic heterocycles. The van der Waals surface area contributed by atoms with Crippen LogP contribution in [0.15, 0.2) is 18.3 Å². The molecule has 94 valence electrons. The minimum atomic E-state index is 0.213. The standard InChI is InChI=1S/C13H22N4/c1-13(2)10-17(7-6-16(13)3)12-4-5-15-11(8-12)9-14/h4-5,8H,6-7,9-10,14H2,1-3H3. The third-order valence-electron chi connectivity index (χ3n) is 3.69. The summed E-state index contributed by atoms with van der Waals surface area (Å²) in [6.07, 6.45) is 1.85. The van der Waals surface area contributed by atoms with Gasteiger partial charge in [-0.05, 0) is 33.0 Å². The maximum atomic E-state index is 5.63.